The third kappa shape index (κ3) is 6.70. The van der Waals surface area contributed by atoms with E-state index in [1.165, 1.54) is 7.05 Å². The van der Waals surface area contributed by atoms with Gasteiger partial charge in [-0.25, -0.2) is 9.98 Å². The van der Waals surface area contributed by atoms with Crippen LogP contribution in [0, 0.1) is 0 Å². The summed E-state index contributed by atoms with van der Waals surface area (Å²) >= 11 is 0. The minimum Gasteiger partial charge on any atom is -0.372 e. The standard InChI is InChI=1S/C18H24F3N5/c1-5-7-9-10-13(3)15(23-11-8-6-2)25-17-24-12-14(18(19,20)21)16(22-4)26-17/h5,7,9-12H,6,8H2,1-4H3,(H2,22,24,25,26)/b7-5-,10-9-,15-13-,23-11?. The molecule has 0 aromatic carbocycles. The van der Waals surface area contributed by atoms with Gasteiger partial charge in [-0.3, -0.25) is 0 Å². The minimum absolute atomic E-state index is 0.0322. The maximum absolute atomic E-state index is 12.9. The van der Waals surface area contributed by atoms with Crippen LogP contribution in [0.3, 0.4) is 0 Å². The lowest BCUT2D eigenvalue weighted by Gasteiger charge is -2.13. The van der Waals surface area contributed by atoms with Crippen molar-refractivity contribution in [2.24, 2.45) is 4.99 Å². The highest BCUT2D eigenvalue weighted by atomic mass is 19.4. The van der Waals surface area contributed by atoms with Crippen molar-refractivity contribution >= 4 is 18.0 Å². The Hall–Kier alpha value is -2.64. The lowest BCUT2D eigenvalue weighted by Crippen LogP contribution is -2.13. The summed E-state index contributed by atoms with van der Waals surface area (Å²) in [6, 6.07) is 0. The summed E-state index contributed by atoms with van der Waals surface area (Å²) in [6.07, 6.45) is 7.13. The number of hydrogen-bond acceptors (Lipinski definition) is 5. The fourth-order valence-electron chi connectivity index (χ4n) is 1.85. The van der Waals surface area contributed by atoms with E-state index < -0.39 is 11.7 Å². The molecule has 1 aromatic heterocycles. The number of rotatable bonds is 8. The highest BCUT2D eigenvalue weighted by Crippen LogP contribution is 2.33. The maximum Gasteiger partial charge on any atom is 0.421 e. The largest absolute Gasteiger partial charge is 0.421 e. The average Bonchev–Trinajstić information content (AvgIpc) is 2.60. The van der Waals surface area contributed by atoms with E-state index in [0.29, 0.717) is 5.82 Å². The number of aromatic nitrogens is 2. The van der Waals surface area contributed by atoms with E-state index in [4.69, 9.17) is 0 Å². The maximum atomic E-state index is 12.9. The molecule has 0 saturated carbocycles. The van der Waals surface area contributed by atoms with Gasteiger partial charge in [0, 0.05) is 19.5 Å². The molecule has 0 aliphatic carbocycles. The fourth-order valence-corrected chi connectivity index (χ4v) is 1.85. The molecule has 0 saturated heterocycles. The molecule has 0 atom stereocenters. The Balaban J connectivity index is 3.20. The van der Waals surface area contributed by atoms with E-state index >= 15 is 0 Å². The third-order valence-electron chi connectivity index (χ3n) is 3.22. The van der Waals surface area contributed by atoms with Crippen molar-refractivity contribution in [1.29, 1.82) is 0 Å². The van der Waals surface area contributed by atoms with Gasteiger partial charge in [0.05, 0.1) is 0 Å². The second-order valence-electron chi connectivity index (χ2n) is 5.35. The molecule has 0 amide bonds. The topological polar surface area (TPSA) is 62.2 Å². The predicted octanol–water partition coefficient (Wildman–Crippen LogP) is 5.18. The van der Waals surface area contributed by atoms with Gasteiger partial charge in [-0.15, -0.1) is 0 Å². The first kappa shape index (κ1) is 21.4. The number of nitrogens with one attached hydrogen (secondary N) is 2. The van der Waals surface area contributed by atoms with Crippen LogP contribution in [0.2, 0.25) is 0 Å². The zero-order chi connectivity index (χ0) is 19.6. The summed E-state index contributed by atoms with van der Waals surface area (Å²) in [4.78, 5) is 12.0. The first-order valence-corrected chi connectivity index (χ1v) is 8.25. The van der Waals surface area contributed by atoms with Gasteiger partial charge in [0.15, 0.2) is 0 Å². The van der Waals surface area contributed by atoms with Gasteiger partial charge in [-0.05, 0) is 25.8 Å². The first-order valence-electron chi connectivity index (χ1n) is 8.25. The van der Waals surface area contributed by atoms with Crippen LogP contribution in [0.5, 0.6) is 0 Å². The van der Waals surface area contributed by atoms with Crippen molar-refractivity contribution in [2.45, 2.75) is 39.8 Å². The Morgan fingerprint density at radius 3 is 2.62 bits per heavy atom. The Labute approximate surface area is 151 Å². The number of unbranched alkanes of at least 4 members (excludes halogenated alkanes) is 1. The molecule has 0 radical (unpaired) electrons. The summed E-state index contributed by atoms with van der Waals surface area (Å²) in [5, 5.41) is 5.35. The molecule has 1 heterocycles. The lowest BCUT2D eigenvalue weighted by atomic mass is 10.2. The number of hydrogen-bond donors (Lipinski definition) is 2. The fraction of sp³-hybridized carbons (Fsp3) is 0.389. The molecule has 2 N–H and O–H groups in total. The molecule has 0 bridgehead atoms. The van der Waals surface area contributed by atoms with Crippen LogP contribution in [-0.4, -0.2) is 23.2 Å². The number of aliphatic imine (C=N–C) groups is 1. The number of allylic oxidation sites excluding steroid dienone is 5. The number of nitrogens with zero attached hydrogens (tertiary/aromatic N) is 3. The van der Waals surface area contributed by atoms with Crippen molar-refractivity contribution < 1.29 is 13.2 Å². The van der Waals surface area contributed by atoms with Crippen molar-refractivity contribution in [1.82, 2.24) is 9.97 Å². The lowest BCUT2D eigenvalue weighted by molar-refractivity contribution is -0.137. The van der Waals surface area contributed by atoms with E-state index in [1.807, 2.05) is 45.1 Å². The Kier molecular flexibility index (Phi) is 8.54. The predicted molar refractivity (Wildman–Crippen MR) is 100 cm³/mol. The van der Waals surface area contributed by atoms with Crippen LogP contribution < -0.4 is 10.6 Å². The van der Waals surface area contributed by atoms with Gasteiger partial charge >= 0.3 is 6.18 Å². The summed E-state index contributed by atoms with van der Waals surface area (Å²) in [5.74, 6) is 0.208. The van der Waals surface area contributed by atoms with Gasteiger partial charge in [0.2, 0.25) is 5.95 Å². The number of anilines is 2. The molecule has 26 heavy (non-hydrogen) atoms. The van der Waals surface area contributed by atoms with Crippen LogP contribution in [-0.2, 0) is 6.18 Å². The van der Waals surface area contributed by atoms with Crippen molar-refractivity contribution in [2.75, 3.05) is 17.7 Å². The third-order valence-corrected chi connectivity index (χ3v) is 3.22. The molecule has 0 spiro atoms. The van der Waals surface area contributed by atoms with Crippen molar-refractivity contribution in [3.8, 4) is 0 Å². The van der Waals surface area contributed by atoms with E-state index in [9.17, 15) is 13.2 Å². The molecule has 0 aliphatic rings. The SMILES string of the molecule is C\C=C/C=C\C(C)=C(\N=CCCC)Nc1ncc(C(F)(F)F)c(NC)n1. The van der Waals surface area contributed by atoms with E-state index in [-0.39, 0.29) is 11.8 Å². The van der Waals surface area contributed by atoms with E-state index in [0.717, 1.165) is 24.6 Å². The summed E-state index contributed by atoms with van der Waals surface area (Å²) < 4.78 is 38.8. The molecular formula is C18H24F3N5. The summed E-state index contributed by atoms with van der Waals surface area (Å²) in [5.41, 5.74) is -0.125. The van der Waals surface area contributed by atoms with Crippen LogP contribution >= 0.6 is 0 Å². The zero-order valence-electron chi connectivity index (χ0n) is 15.4. The monoisotopic (exact) mass is 367 g/mol. The summed E-state index contributed by atoms with van der Waals surface area (Å²) in [7, 11) is 1.38. The zero-order valence-corrected chi connectivity index (χ0v) is 15.4. The molecule has 0 unspecified atom stereocenters. The highest BCUT2D eigenvalue weighted by molar-refractivity contribution is 5.61. The molecule has 1 aromatic rings. The Morgan fingerprint density at radius 1 is 1.31 bits per heavy atom. The molecular weight excluding hydrogens is 343 g/mol. The molecule has 0 aliphatic heterocycles. The normalized spacial score (nSPS) is 13.7. The van der Waals surface area contributed by atoms with Gasteiger partial charge in [0.25, 0.3) is 0 Å². The molecule has 142 valence electrons. The second kappa shape index (κ2) is 10.4. The average molecular weight is 367 g/mol. The van der Waals surface area contributed by atoms with Gasteiger partial charge in [0.1, 0.15) is 17.2 Å². The van der Waals surface area contributed by atoms with Crippen LogP contribution in [0.15, 0.2) is 46.9 Å². The highest BCUT2D eigenvalue weighted by Gasteiger charge is 2.35. The molecule has 5 nitrogen and oxygen atoms in total. The number of halogens is 3. The van der Waals surface area contributed by atoms with Crippen LogP contribution in [0.25, 0.3) is 0 Å². The van der Waals surface area contributed by atoms with Crippen molar-refractivity contribution in [3.05, 3.63) is 47.5 Å². The molecule has 1 rings (SSSR count). The molecule has 8 heteroatoms. The van der Waals surface area contributed by atoms with Crippen LogP contribution in [0.1, 0.15) is 39.2 Å². The number of alkyl halides is 3. The smallest absolute Gasteiger partial charge is 0.372 e. The molecule has 0 fully saturated rings. The second-order valence-corrected chi connectivity index (χ2v) is 5.35. The van der Waals surface area contributed by atoms with Gasteiger partial charge < -0.3 is 10.6 Å². The van der Waals surface area contributed by atoms with E-state index in [1.54, 1.807) is 6.21 Å². The van der Waals surface area contributed by atoms with Gasteiger partial charge in [-0.1, -0.05) is 37.6 Å². The summed E-state index contributed by atoms with van der Waals surface area (Å²) in [6.45, 7) is 5.77. The van der Waals surface area contributed by atoms with Gasteiger partial charge in [-0.2, -0.15) is 18.2 Å². The van der Waals surface area contributed by atoms with E-state index in [2.05, 4.69) is 25.6 Å². The Morgan fingerprint density at radius 2 is 2.04 bits per heavy atom. The quantitative estimate of drug-likeness (QED) is 0.491. The Bertz CT molecular complexity index is 703. The van der Waals surface area contributed by atoms with Crippen molar-refractivity contribution in [3.63, 3.8) is 0 Å². The van der Waals surface area contributed by atoms with Crippen LogP contribution in [0.4, 0.5) is 24.9 Å². The first-order chi connectivity index (χ1) is 12.3. The minimum atomic E-state index is -4.53.